The summed E-state index contributed by atoms with van der Waals surface area (Å²) in [6.07, 6.45) is 0.491. The van der Waals surface area contributed by atoms with Crippen LogP contribution in [0, 0.1) is 6.92 Å². The minimum Gasteiger partial charge on any atom is -0.356 e. The van der Waals surface area contributed by atoms with Crippen LogP contribution in [0.4, 0.5) is 5.69 Å². The number of anilines is 1. The summed E-state index contributed by atoms with van der Waals surface area (Å²) in [7, 11) is 1.76. The number of benzene rings is 1. The number of aryl methyl sites for hydroxylation is 1. The highest BCUT2D eigenvalue weighted by Gasteiger charge is 2.24. The molecule has 1 amide bonds. The van der Waals surface area contributed by atoms with E-state index in [1.54, 1.807) is 18.4 Å². The van der Waals surface area contributed by atoms with Gasteiger partial charge < -0.3 is 16.0 Å². The first kappa shape index (κ1) is 19.7. The molecule has 0 saturated heterocycles. The second-order valence-electron chi connectivity index (χ2n) is 5.86. The predicted octanol–water partition coefficient (Wildman–Crippen LogP) is 3.47. The lowest BCUT2D eigenvalue weighted by molar-refractivity contribution is -0.116. The minimum atomic E-state index is 0. The number of rotatable bonds is 4. The predicted molar refractivity (Wildman–Crippen MR) is 115 cm³/mol. The maximum Gasteiger partial charge on any atom is 0.225 e. The molecular weight excluding hydrogens is 447 g/mol. The fraction of sp³-hybridized carbons (Fsp3) is 0.333. The molecule has 1 atom stereocenters. The number of nitrogens with one attached hydrogen (secondary N) is 3. The van der Waals surface area contributed by atoms with Crippen molar-refractivity contribution in [3.8, 4) is 0 Å². The van der Waals surface area contributed by atoms with E-state index in [1.807, 2.05) is 18.2 Å². The molecule has 1 aromatic heterocycles. The van der Waals surface area contributed by atoms with Gasteiger partial charge >= 0.3 is 0 Å². The molecule has 25 heavy (non-hydrogen) atoms. The second kappa shape index (κ2) is 9.19. The van der Waals surface area contributed by atoms with Gasteiger partial charge in [-0.05, 0) is 30.7 Å². The number of fused-ring (bicyclic) bond motifs is 1. The van der Waals surface area contributed by atoms with Gasteiger partial charge in [-0.15, -0.1) is 35.3 Å². The van der Waals surface area contributed by atoms with Crippen LogP contribution in [0.15, 0.2) is 41.4 Å². The molecule has 5 nitrogen and oxygen atoms in total. The summed E-state index contributed by atoms with van der Waals surface area (Å²) in [5.74, 6) is 0.972. The van der Waals surface area contributed by atoms with Crippen molar-refractivity contribution in [1.82, 2.24) is 10.6 Å². The van der Waals surface area contributed by atoms with E-state index in [4.69, 9.17) is 0 Å². The Morgan fingerprint density at radius 2 is 2.08 bits per heavy atom. The van der Waals surface area contributed by atoms with Crippen LogP contribution in [-0.2, 0) is 11.3 Å². The molecule has 0 fully saturated rings. The quantitative estimate of drug-likeness (QED) is 0.364. The van der Waals surface area contributed by atoms with E-state index >= 15 is 0 Å². The molecule has 7 heteroatoms. The standard InChI is InChI=1S/C18H22N4OS.HI/c1-12-7-8-14(24-12)11-21-18(19-2)20-10-13-9-17(23)22-16-6-4-3-5-15(13)16;/h3-8,13H,9-11H2,1-2H3,(H,22,23)(H2,19,20,21);1H. The maximum absolute atomic E-state index is 11.9. The molecule has 3 N–H and O–H groups in total. The number of nitrogens with zero attached hydrogens (tertiary/aromatic N) is 1. The molecule has 134 valence electrons. The molecule has 0 aliphatic carbocycles. The van der Waals surface area contributed by atoms with Crippen molar-refractivity contribution < 1.29 is 4.79 Å². The zero-order valence-corrected chi connectivity index (χ0v) is 17.5. The summed E-state index contributed by atoms with van der Waals surface area (Å²) in [5, 5.41) is 9.59. The lowest BCUT2D eigenvalue weighted by atomic mass is 9.90. The monoisotopic (exact) mass is 470 g/mol. The minimum absolute atomic E-state index is 0. The molecule has 0 bridgehead atoms. The molecule has 0 saturated carbocycles. The van der Waals surface area contributed by atoms with Crippen LogP contribution >= 0.6 is 35.3 Å². The van der Waals surface area contributed by atoms with Crippen LogP contribution in [0.5, 0.6) is 0 Å². The fourth-order valence-electron chi connectivity index (χ4n) is 2.88. The number of guanidine groups is 1. The van der Waals surface area contributed by atoms with E-state index in [1.165, 1.54) is 15.3 Å². The van der Waals surface area contributed by atoms with Gasteiger partial charge in [-0.3, -0.25) is 9.79 Å². The summed E-state index contributed by atoms with van der Waals surface area (Å²) in [5.41, 5.74) is 2.09. The van der Waals surface area contributed by atoms with Gasteiger partial charge in [0, 0.05) is 41.4 Å². The van der Waals surface area contributed by atoms with Gasteiger partial charge in [-0.2, -0.15) is 0 Å². The van der Waals surface area contributed by atoms with Crippen LogP contribution in [-0.4, -0.2) is 25.5 Å². The highest BCUT2D eigenvalue weighted by molar-refractivity contribution is 14.0. The average Bonchev–Trinajstić information content (AvgIpc) is 3.00. The van der Waals surface area contributed by atoms with Crippen molar-refractivity contribution >= 4 is 52.9 Å². The molecule has 0 radical (unpaired) electrons. The van der Waals surface area contributed by atoms with Gasteiger partial charge in [0.2, 0.25) is 5.91 Å². The number of halogens is 1. The number of carbonyl (C=O) groups excluding carboxylic acids is 1. The van der Waals surface area contributed by atoms with Gasteiger partial charge in [0.1, 0.15) is 0 Å². The Morgan fingerprint density at radius 3 is 2.80 bits per heavy atom. The Bertz CT molecular complexity index is 759. The highest BCUT2D eigenvalue weighted by Crippen LogP contribution is 2.31. The van der Waals surface area contributed by atoms with E-state index in [9.17, 15) is 4.79 Å². The SMILES string of the molecule is CN=C(NCc1ccc(C)s1)NCC1CC(=O)Nc2ccccc21.I. The number of para-hydroxylation sites is 1. The second-order valence-corrected chi connectivity index (χ2v) is 7.23. The van der Waals surface area contributed by atoms with E-state index in [-0.39, 0.29) is 35.8 Å². The Morgan fingerprint density at radius 1 is 1.28 bits per heavy atom. The number of hydrogen-bond acceptors (Lipinski definition) is 3. The van der Waals surface area contributed by atoms with Gasteiger partial charge in [-0.25, -0.2) is 0 Å². The van der Waals surface area contributed by atoms with E-state index < -0.39 is 0 Å². The summed E-state index contributed by atoms with van der Waals surface area (Å²) in [6, 6.07) is 12.2. The third-order valence-corrected chi connectivity index (χ3v) is 5.07. The summed E-state index contributed by atoms with van der Waals surface area (Å²) < 4.78 is 0. The van der Waals surface area contributed by atoms with E-state index in [0.29, 0.717) is 13.0 Å². The van der Waals surface area contributed by atoms with Crippen LogP contribution < -0.4 is 16.0 Å². The smallest absolute Gasteiger partial charge is 0.225 e. The first-order valence-electron chi connectivity index (χ1n) is 8.04. The highest BCUT2D eigenvalue weighted by atomic mass is 127. The van der Waals surface area contributed by atoms with Crippen molar-refractivity contribution in [2.75, 3.05) is 18.9 Å². The molecule has 1 aliphatic heterocycles. The first-order chi connectivity index (χ1) is 11.7. The van der Waals surface area contributed by atoms with Crippen LogP contribution in [0.3, 0.4) is 0 Å². The number of hydrogen-bond donors (Lipinski definition) is 3. The van der Waals surface area contributed by atoms with Gasteiger partial charge in [0.15, 0.2) is 5.96 Å². The fourth-order valence-corrected chi connectivity index (χ4v) is 3.71. The van der Waals surface area contributed by atoms with E-state index in [0.717, 1.165) is 18.2 Å². The lowest BCUT2D eigenvalue weighted by Crippen LogP contribution is -2.40. The van der Waals surface area contributed by atoms with E-state index in [2.05, 4.69) is 46.1 Å². The third-order valence-electron chi connectivity index (χ3n) is 4.07. The van der Waals surface area contributed by atoms with Crippen molar-refractivity contribution in [2.24, 2.45) is 4.99 Å². The Hall–Kier alpha value is -1.61. The third kappa shape index (κ3) is 5.18. The molecule has 1 unspecified atom stereocenters. The summed E-state index contributed by atoms with van der Waals surface area (Å²) in [6.45, 7) is 3.53. The summed E-state index contributed by atoms with van der Waals surface area (Å²) >= 11 is 1.78. The Labute approximate surface area is 169 Å². The molecule has 3 rings (SSSR count). The number of thiophene rings is 1. The molecule has 2 heterocycles. The van der Waals surface area contributed by atoms with Crippen molar-refractivity contribution in [2.45, 2.75) is 25.8 Å². The average molecular weight is 470 g/mol. The lowest BCUT2D eigenvalue weighted by Gasteiger charge is -2.26. The largest absolute Gasteiger partial charge is 0.356 e. The zero-order chi connectivity index (χ0) is 16.9. The normalized spacial score (nSPS) is 16.5. The topological polar surface area (TPSA) is 65.5 Å². The zero-order valence-electron chi connectivity index (χ0n) is 14.3. The van der Waals surface area contributed by atoms with Crippen molar-refractivity contribution in [3.05, 3.63) is 51.7 Å². The number of aliphatic imine (C=N–C) groups is 1. The van der Waals surface area contributed by atoms with Crippen LogP contribution in [0.1, 0.15) is 27.7 Å². The summed E-state index contributed by atoms with van der Waals surface area (Å²) in [4.78, 5) is 18.7. The number of amides is 1. The molecule has 2 aromatic rings. The Kier molecular flexibility index (Phi) is 7.24. The van der Waals surface area contributed by atoms with Crippen LogP contribution in [0.2, 0.25) is 0 Å². The van der Waals surface area contributed by atoms with Gasteiger partial charge in [0.25, 0.3) is 0 Å². The maximum atomic E-state index is 11.9. The first-order valence-corrected chi connectivity index (χ1v) is 8.86. The Balaban J connectivity index is 0.00000225. The molecule has 0 spiro atoms. The van der Waals surface area contributed by atoms with Crippen molar-refractivity contribution in [1.29, 1.82) is 0 Å². The molecule has 1 aliphatic rings. The number of carbonyl (C=O) groups is 1. The van der Waals surface area contributed by atoms with Crippen molar-refractivity contribution in [3.63, 3.8) is 0 Å². The van der Waals surface area contributed by atoms with Crippen LogP contribution in [0.25, 0.3) is 0 Å². The molecule has 1 aromatic carbocycles. The van der Waals surface area contributed by atoms with Gasteiger partial charge in [0.05, 0.1) is 6.54 Å². The van der Waals surface area contributed by atoms with Gasteiger partial charge in [-0.1, -0.05) is 18.2 Å². The molecular formula is C18H23IN4OS.